The van der Waals surface area contributed by atoms with Gasteiger partial charge in [-0.2, -0.15) is 0 Å². The SMILES string of the molecule is CCC.CCC(=O)O.CCC(=O)OCC(=O)C1[C@@H](C)CC2[C@@H]3CCC4=CC(=O)C=C[C@]4(C)C3[C@@H](OC)C[C@@]21C.Cl.[HH]. The molecule has 0 bridgehead atoms. The van der Waals surface area contributed by atoms with Crippen molar-refractivity contribution in [1.29, 1.82) is 0 Å². The largest absolute Gasteiger partial charge is 0.481 e. The highest BCUT2D eigenvalue weighted by molar-refractivity contribution is 6.01. The van der Waals surface area contributed by atoms with Gasteiger partial charge in [0, 0.05) is 38.6 Å². The fourth-order valence-corrected chi connectivity index (χ4v) is 7.91. The van der Waals surface area contributed by atoms with Crippen LogP contribution in [0.3, 0.4) is 0 Å². The molecule has 3 saturated carbocycles. The summed E-state index contributed by atoms with van der Waals surface area (Å²) in [7, 11) is 1.78. The molecule has 7 nitrogen and oxygen atoms in total. The Morgan fingerprint density at radius 2 is 1.73 bits per heavy atom. The summed E-state index contributed by atoms with van der Waals surface area (Å²) in [5.41, 5.74) is 0.904. The van der Waals surface area contributed by atoms with Gasteiger partial charge in [-0.25, -0.2) is 0 Å². The molecule has 4 aliphatic carbocycles. The van der Waals surface area contributed by atoms with Crippen molar-refractivity contribution in [3.05, 3.63) is 23.8 Å². The van der Waals surface area contributed by atoms with Crippen LogP contribution < -0.4 is 0 Å². The number of esters is 1. The van der Waals surface area contributed by atoms with E-state index in [1.807, 2.05) is 6.08 Å². The number of halogens is 1. The minimum atomic E-state index is -0.745. The first kappa shape index (κ1) is 36.0. The molecule has 3 fully saturated rings. The number of Topliss-reactive ketones (excluding diaryl/α,β-unsaturated/α-hetero) is 1. The second-order valence-corrected chi connectivity index (χ2v) is 12.1. The number of rotatable bonds is 6. The Morgan fingerprint density at radius 1 is 1.12 bits per heavy atom. The van der Waals surface area contributed by atoms with Gasteiger partial charge >= 0.3 is 11.9 Å². The Morgan fingerprint density at radius 3 is 2.25 bits per heavy atom. The lowest BCUT2D eigenvalue weighted by atomic mass is 9.46. The first-order valence-corrected chi connectivity index (χ1v) is 14.7. The Hall–Kier alpha value is -1.99. The molecule has 0 aromatic heterocycles. The number of methoxy groups -OCH3 is 1. The molecule has 8 heteroatoms. The summed E-state index contributed by atoms with van der Waals surface area (Å²) in [5.74, 6) is 0.393. The third kappa shape index (κ3) is 7.44. The van der Waals surface area contributed by atoms with Crippen molar-refractivity contribution < 1.29 is 35.2 Å². The number of fused-ring (bicyclic) bond motifs is 5. The summed E-state index contributed by atoms with van der Waals surface area (Å²) in [4.78, 5) is 46.3. The number of aliphatic carboxylic acids is 1. The highest BCUT2D eigenvalue weighted by atomic mass is 35.5. The van der Waals surface area contributed by atoms with Crippen LogP contribution in [-0.2, 0) is 28.7 Å². The predicted octanol–water partition coefficient (Wildman–Crippen LogP) is 6.87. The maximum absolute atomic E-state index is 13.2. The molecule has 0 aliphatic heterocycles. The van der Waals surface area contributed by atoms with E-state index in [0.717, 1.165) is 25.7 Å². The summed E-state index contributed by atoms with van der Waals surface area (Å²) in [6, 6.07) is 0. The van der Waals surface area contributed by atoms with Gasteiger partial charge in [-0.3, -0.25) is 19.2 Å². The standard InChI is InChI=1S/C26H36O5.C3H6O2.C3H8.ClH.H2/c1-6-22(29)31-14-20(28)23-15(2)11-19-18-8-7-16-12-17(27)9-10-25(16,3)24(18)21(30-5)13-26(19,23)4;1-2-3(4)5;1-3-2;;/h9-10,12,15,18-19,21,23-24H,6-8,11,13-14H2,1-5H3;2H2,1H3,(H,4,5);3H2,1-2H3;2*1H/t15-,18-,19?,21-,23?,24?,25-,26-;;;;/m0..../s1. The molecule has 1 N–H and O–H groups in total. The summed E-state index contributed by atoms with van der Waals surface area (Å²) < 4.78 is 11.3. The van der Waals surface area contributed by atoms with Gasteiger partial charge < -0.3 is 14.6 Å². The van der Waals surface area contributed by atoms with E-state index in [-0.39, 0.29) is 79.6 Å². The van der Waals surface area contributed by atoms with Crippen molar-refractivity contribution in [3.8, 4) is 0 Å². The van der Waals surface area contributed by atoms with Crippen molar-refractivity contribution in [2.75, 3.05) is 13.7 Å². The normalized spacial score (nSPS) is 35.1. The zero-order chi connectivity index (χ0) is 29.5. The van der Waals surface area contributed by atoms with Gasteiger partial charge in [0.25, 0.3) is 0 Å². The van der Waals surface area contributed by atoms with Gasteiger partial charge in [0.1, 0.15) is 6.61 Å². The molecule has 0 saturated heterocycles. The maximum atomic E-state index is 13.2. The second-order valence-electron chi connectivity index (χ2n) is 12.1. The average Bonchev–Trinajstić information content (AvgIpc) is 3.17. The Labute approximate surface area is 248 Å². The molecular formula is C32H53ClO7. The number of carbonyl (C=O) groups excluding carboxylic acids is 3. The highest BCUT2D eigenvalue weighted by Gasteiger charge is 2.64. The molecule has 0 spiro atoms. The molecule has 230 valence electrons. The number of hydrogen-bond donors (Lipinski definition) is 1. The molecular weight excluding hydrogens is 532 g/mol. The molecule has 0 aromatic carbocycles. The van der Waals surface area contributed by atoms with E-state index in [0.29, 0.717) is 17.8 Å². The van der Waals surface area contributed by atoms with Crippen LogP contribution in [0, 0.1) is 40.4 Å². The van der Waals surface area contributed by atoms with E-state index in [4.69, 9.17) is 14.6 Å². The molecule has 4 rings (SSSR count). The van der Waals surface area contributed by atoms with Gasteiger partial charge in [0.15, 0.2) is 11.6 Å². The third-order valence-corrected chi connectivity index (χ3v) is 9.43. The lowest BCUT2D eigenvalue weighted by Crippen LogP contribution is -2.57. The Kier molecular flexibility index (Phi) is 13.8. The van der Waals surface area contributed by atoms with Gasteiger partial charge in [0.2, 0.25) is 0 Å². The fraction of sp³-hybridized carbons (Fsp3) is 0.750. The lowest BCUT2D eigenvalue weighted by molar-refractivity contribution is -0.155. The topological polar surface area (TPSA) is 107 Å². The molecule has 0 heterocycles. The van der Waals surface area contributed by atoms with Crippen molar-refractivity contribution in [2.45, 2.75) is 99.5 Å². The van der Waals surface area contributed by atoms with Gasteiger partial charge in [-0.1, -0.05) is 66.5 Å². The maximum Gasteiger partial charge on any atom is 0.305 e. The van der Waals surface area contributed by atoms with E-state index >= 15 is 0 Å². The average molecular weight is 585 g/mol. The number of carboxylic acids is 1. The third-order valence-electron chi connectivity index (χ3n) is 9.43. The molecule has 0 aromatic rings. The van der Waals surface area contributed by atoms with Crippen LogP contribution in [0.4, 0.5) is 0 Å². The second kappa shape index (κ2) is 15.3. The fourth-order valence-electron chi connectivity index (χ4n) is 7.91. The van der Waals surface area contributed by atoms with E-state index < -0.39 is 5.97 Å². The van der Waals surface area contributed by atoms with Crippen LogP contribution in [0.1, 0.15) is 94.8 Å². The number of carbonyl (C=O) groups is 4. The number of ether oxygens (including phenoxy) is 2. The van der Waals surface area contributed by atoms with E-state index in [9.17, 15) is 19.2 Å². The molecule has 3 unspecified atom stereocenters. The number of carboxylic acid groups (broad SMARTS) is 1. The quantitative estimate of drug-likeness (QED) is 0.339. The summed E-state index contributed by atoms with van der Waals surface area (Å²) >= 11 is 0. The van der Waals surface area contributed by atoms with Gasteiger partial charge in [-0.05, 0) is 61.0 Å². The van der Waals surface area contributed by atoms with Crippen LogP contribution >= 0.6 is 12.4 Å². The van der Waals surface area contributed by atoms with E-state index in [1.165, 1.54) is 12.0 Å². The van der Waals surface area contributed by atoms with Crippen molar-refractivity contribution in [1.82, 2.24) is 0 Å². The summed E-state index contributed by atoms with van der Waals surface area (Å²) in [6.07, 6.45) is 11.3. The van der Waals surface area contributed by atoms with Gasteiger partial charge in [0.05, 0.1) is 6.10 Å². The molecule has 4 aliphatic rings. The van der Waals surface area contributed by atoms with E-state index in [2.05, 4.69) is 40.7 Å². The number of allylic oxidation sites excluding steroid dienone is 4. The van der Waals surface area contributed by atoms with Crippen molar-refractivity contribution in [3.63, 3.8) is 0 Å². The molecule has 0 radical (unpaired) electrons. The Balaban J connectivity index is 0.00000143. The zero-order valence-electron chi connectivity index (χ0n) is 25.7. The summed E-state index contributed by atoms with van der Waals surface area (Å²) in [6.45, 7) is 14.2. The van der Waals surface area contributed by atoms with Crippen LogP contribution in [0.2, 0.25) is 0 Å². The molecule has 40 heavy (non-hydrogen) atoms. The smallest absolute Gasteiger partial charge is 0.305 e. The minimum absolute atomic E-state index is 0. The molecule has 0 amide bonds. The first-order chi connectivity index (χ1) is 18.3. The lowest BCUT2D eigenvalue weighted by Gasteiger charge is -2.59. The van der Waals surface area contributed by atoms with Gasteiger partial charge in [-0.15, -0.1) is 12.4 Å². The van der Waals surface area contributed by atoms with Crippen molar-refractivity contribution >= 4 is 35.9 Å². The molecule has 8 atom stereocenters. The predicted molar refractivity (Wildman–Crippen MR) is 160 cm³/mol. The van der Waals surface area contributed by atoms with E-state index in [1.54, 1.807) is 27.0 Å². The minimum Gasteiger partial charge on any atom is -0.481 e. The van der Waals surface area contributed by atoms with Crippen LogP contribution in [0.5, 0.6) is 0 Å². The van der Waals surface area contributed by atoms with Crippen LogP contribution in [0.15, 0.2) is 23.8 Å². The zero-order valence-corrected chi connectivity index (χ0v) is 26.5. The van der Waals surface area contributed by atoms with Crippen LogP contribution in [-0.4, -0.2) is 48.4 Å². The Bertz CT molecular complexity index is 979. The summed E-state index contributed by atoms with van der Waals surface area (Å²) in [5, 5.41) is 7.72. The van der Waals surface area contributed by atoms with Crippen molar-refractivity contribution in [2.24, 2.45) is 40.4 Å². The highest BCUT2D eigenvalue weighted by Crippen LogP contribution is 2.67. The first-order valence-electron chi connectivity index (χ1n) is 14.7. The number of hydrogen-bond acceptors (Lipinski definition) is 6. The monoisotopic (exact) mass is 584 g/mol. The number of ketones is 2. The van der Waals surface area contributed by atoms with Crippen LogP contribution in [0.25, 0.3) is 0 Å².